The van der Waals surface area contributed by atoms with Gasteiger partial charge in [-0.15, -0.1) is 0 Å². The molecule has 2 aliphatic heterocycles. The van der Waals surface area contributed by atoms with E-state index in [2.05, 4.69) is 14.5 Å². The topological polar surface area (TPSA) is 41.4 Å². The molecule has 2 aliphatic rings. The lowest BCUT2D eigenvalue weighted by atomic mass is 10.0. The maximum atomic E-state index is 13.3. The van der Waals surface area contributed by atoms with Crippen LogP contribution >= 0.6 is 0 Å². The quantitative estimate of drug-likeness (QED) is 0.703. The van der Waals surface area contributed by atoms with Crippen LogP contribution in [0.15, 0.2) is 67.0 Å². The molecule has 4 heterocycles. The third-order valence-corrected chi connectivity index (χ3v) is 5.73. The van der Waals surface area contributed by atoms with Crippen molar-refractivity contribution in [1.29, 1.82) is 0 Å². The summed E-state index contributed by atoms with van der Waals surface area (Å²) in [7, 11) is 0. The second-order valence-corrected chi connectivity index (χ2v) is 7.51. The summed E-state index contributed by atoms with van der Waals surface area (Å²) in [5.74, 6) is -0.224. The number of rotatable bonds is 4. The molecule has 1 amide bonds. The van der Waals surface area contributed by atoms with E-state index in [1.165, 1.54) is 12.1 Å². The van der Waals surface area contributed by atoms with Crippen LogP contribution in [0.2, 0.25) is 0 Å². The number of pyridine rings is 1. The van der Waals surface area contributed by atoms with Gasteiger partial charge in [0.2, 0.25) is 0 Å². The molecule has 5 rings (SSSR count). The zero-order valence-electron chi connectivity index (χ0n) is 15.4. The van der Waals surface area contributed by atoms with Crippen molar-refractivity contribution >= 4 is 5.91 Å². The van der Waals surface area contributed by atoms with Gasteiger partial charge in [0.25, 0.3) is 5.91 Å². The zero-order chi connectivity index (χ0) is 19.1. The molecule has 0 aliphatic carbocycles. The predicted molar refractivity (Wildman–Crippen MR) is 103 cm³/mol. The van der Waals surface area contributed by atoms with E-state index in [1.54, 1.807) is 12.1 Å². The van der Waals surface area contributed by atoms with Crippen molar-refractivity contribution in [3.8, 4) is 0 Å². The number of fused-ring (bicyclic) bond motifs is 3. The fraction of sp³-hybridized carbons (Fsp3) is 0.273. The van der Waals surface area contributed by atoms with Crippen LogP contribution < -0.4 is 0 Å². The van der Waals surface area contributed by atoms with Crippen LogP contribution in [-0.4, -0.2) is 44.4 Å². The average Bonchev–Trinajstić information content (AvgIpc) is 3.34. The maximum Gasteiger partial charge on any atom is 0.271 e. The van der Waals surface area contributed by atoms with Gasteiger partial charge in [-0.1, -0.05) is 18.2 Å². The van der Waals surface area contributed by atoms with Crippen molar-refractivity contribution in [2.24, 2.45) is 0 Å². The van der Waals surface area contributed by atoms with Crippen LogP contribution in [0.3, 0.4) is 0 Å². The molecular weight excluding hydrogens is 355 g/mol. The summed E-state index contributed by atoms with van der Waals surface area (Å²) in [6.45, 7) is 2.92. The van der Waals surface area contributed by atoms with Gasteiger partial charge in [-0.25, -0.2) is 4.39 Å². The molecule has 6 heteroatoms. The number of hydrogen-bond donors (Lipinski definition) is 0. The second-order valence-electron chi connectivity index (χ2n) is 7.51. The first-order valence-corrected chi connectivity index (χ1v) is 9.53. The lowest BCUT2D eigenvalue weighted by Gasteiger charge is -2.38. The number of benzene rings is 1. The Morgan fingerprint density at radius 3 is 2.57 bits per heavy atom. The lowest BCUT2D eigenvalue weighted by Crippen LogP contribution is -2.49. The summed E-state index contributed by atoms with van der Waals surface area (Å²) in [6, 6.07) is 16.5. The number of amides is 1. The maximum absolute atomic E-state index is 13.3. The molecule has 2 aromatic heterocycles. The Kier molecular flexibility index (Phi) is 4.20. The minimum Gasteiger partial charge on any atom is -0.337 e. The van der Waals surface area contributed by atoms with E-state index in [0.717, 1.165) is 36.6 Å². The third kappa shape index (κ3) is 2.99. The minimum atomic E-state index is -0.261. The first-order valence-electron chi connectivity index (χ1n) is 9.53. The first kappa shape index (κ1) is 17.1. The van der Waals surface area contributed by atoms with E-state index in [0.29, 0.717) is 6.54 Å². The molecule has 0 spiro atoms. The SMILES string of the molecule is O=C1c2cccn2[C@@H]2CN(Cc3ccccn3)C[C@H]2N1Cc1ccc(F)cc1. The van der Waals surface area contributed by atoms with E-state index in [4.69, 9.17) is 0 Å². The average molecular weight is 376 g/mol. The largest absolute Gasteiger partial charge is 0.337 e. The molecular formula is C22H21FN4O. The molecule has 2 atom stereocenters. The number of aromatic nitrogens is 2. The fourth-order valence-corrected chi connectivity index (χ4v) is 4.41. The lowest BCUT2D eigenvalue weighted by molar-refractivity contribution is 0.0556. The van der Waals surface area contributed by atoms with Crippen LogP contribution in [-0.2, 0) is 13.1 Å². The van der Waals surface area contributed by atoms with Gasteiger partial charge in [0.15, 0.2) is 0 Å². The van der Waals surface area contributed by atoms with Crippen molar-refractivity contribution in [2.75, 3.05) is 13.1 Å². The van der Waals surface area contributed by atoms with Crippen molar-refractivity contribution in [2.45, 2.75) is 25.2 Å². The molecule has 0 saturated carbocycles. The highest BCUT2D eigenvalue weighted by Crippen LogP contribution is 2.35. The van der Waals surface area contributed by atoms with Crippen molar-refractivity contribution < 1.29 is 9.18 Å². The smallest absolute Gasteiger partial charge is 0.271 e. The van der Waals surface area contributed by atoms with Crippen LogP contribution in [0.4, 0.5) is 4.39 Å². The summed E-state index contributed by atoms with van der Waals surface area (Å²) in [5, 5.41) is 0. The number of likely N-dealkylation sites (tertiary alicyclic amines) is 1. The highest BCUT2D eigenvalue weighted by molar-refractivity contribution is 5.94. The predicted octanol–water partition coefficient (Wildman–Crippen LogP) is 3.10. The second kappa shape index (κ2) is 6.87. The molecule has 28 heavy (non-hydrogen) atoms. The zero-order valence-corrected chi connectivity index (χ0v) is 15.4. The Bertz CT molecular complexity index is 985. The molecule has 1 saturated heterocycles. The molecule has 1 fully saturated rings. The van der Waals surface area contributed by atoms with E-state index in [-0.39, 0.29) is 23.8 Å². The van der Waals surface area contributed by atoms with Crippen molar-refractivity contribution in [3.05, 3.63) is 89.8 Å². The Balaban J connectivity index is 1.43. The number of nitrogens with zero attached hydrogens (tertiary/aromatic N) is 4. The molecule has 3 aromatic rings. The summed E-state index contributed by atoms with van der Waals surface area (Å²) in [6.07, 6.45) is 3.82. The highest BCUT2D eigenvalue weighted by atomic mass is 19.1. The highest BCUT2D eigenvalue weighted by Gasteiger charge is 2.44. The van der Waals surface area contributed by atoms with Crippen molar-refractivity contribution in [3.63, 3.8) is 0 Å². The first-order chi connectivity index (χ1) is 13.7. The van der Waals surface area contributed by atoms with Gasteiger partial charge in [-0.2, -0.15) is 0 Å². The normalized spacial score (nSPS) is 21.6. The van der Waals surface area contributed by atoms with Gasteiger partial charge in [-0.05, 0) is 42.0 Å². The molecule has 1 aromatic carbocycles. The van der Waals surface area contributed by atoms with Crippen LogP contribution in [0.1, 0.15) is 27.8 Å². The Labute approximate surface area is 163 Å². The Morgan fingerprint density at radius 1 is 0.964 bits per heavy atom. The van der Waals surface area contributed by atoms with Crippen molar-refractivity contribution in [1.82, 2.24) is 19.4 Å². The van der Waals surface area contributed by atoms with Crippen LogP contribution in [0.25, 0.3) is 0 Å². The van der Waals surface area contributed by atoms with Gasteiger partial charge >= 0.3 is 0 Å². The third-order valence-electron chi connectivity index (χ3n) is 5.73. The van der Waals surface area contributed by atoms with E-state index in [9.17, 15) is 9.18 Å². The minimum absolute atomic E-state index is 0.0373. The molecule has 0 radical (unpaired) electrons. The van der Waals surface area contributed by atoms with Gasteiger partial charge in [-0.3, -0.25) is 14.7 Å². The number of carbonyl (C=O) groups is 1. The molecule has 0 bridgehead atoms. The standard InChI is InChI=1S/C22H21FN4O/c23-17-8-6-16(7-9-17)12-27-21-15-25(13-18-4-1-2-10-24-18)14-20(21)26-11-3-5-19(26)22(27)28/h1-11,20-21H,12-15H2/t20-,21-/m1/s1. The van der Waals surface area contributed by atoms with E-state index in [1.807, 2.05) is 47.6 Å². The number of halogens is 1. The number of hydrogen-bond acceptors (Lipinski definition) is 3. The summed E-state index contributed by atoms with van der Waals surface area (Å²) in [4.78, 5) is 21.9. The summed E-state index contributed by atoms with van der Waals surface area (Å²) < 4.78 is 15.4. The molecule has 5 nitrogen and oxygen atoms in total. The Morgan fingerprint density at radius 2 is 1.79 bits per heavy atom. The Hall–Kier alpha value is -2.99. The molecule has 0 N–H and O–H groups in total. The molecule has 0 unspecified atom stereocenters. The summed E-state index contributed by atoms with van der Waals surface area (Å²) in [5.41, 5.74) is 2.70. The van der Waals surface area contributed by atoms with Crippen LogP contribution in [0, 0.1) is 5.82 Å². The monoisotopic (exact) mass is 376 g/mol. The van der Waals surface area contributed by atoms with Gasteiger partial charge < -0.3 is 9.47 Å². The molecule has 142 valence electrons. The number of carbonyl (C=O) groups excluding carboxylic acids is 1. The van der Waals surface area contributed by atoms with E-state index >= 15 is 0 Å². The van der Waals surface area contributed by atoms with E-state index < -0.39 is 0 Å². The van der Waals surface area contributed by atoms with Crippen LogP contribution in [0.5, 0.6) is 0 Å². The fourth-order valence-electron chi connectivity index (χ4n) is 4.41. The summed E-state index contributed by atoms with van der Waals surface area (Å²) >= 11 is 0. The van der Waals surface area contributed by atoms with Gasteiger partial charge in [0.1, 0.15) is 11.5 Å². The van der Waals surface area contributed by atoms with Gasteiger partial charge in [0, 0.05) is 38.6 Å². The van der Waals surface area contributed by atoms with Gasteiger partial charge in [0.05, 0.1) is 17.8 Å².